The third kappa shape index (κ3) is 6.38. The summed E-state index contributed by atoms with van der Waals surface area (Å²) < 4.78 is 5.48. The molecule has 0 bridgehead atoms. The highest BCUT2D eigenvalue weighted by Crippen LogP contribution is 2.42. The van der Waals surface area contributed by atoms with E-state index in [0.29, 0.717) is 16.5 Å². The zero-order chi connectivity index (χ0) is 22.1. The monoisotopic (exact) mass is 438 g/mol. The number of hydrogen-bond donors (Lipinski definition) is 1. The van der Waals surface area contributed by atoms with Gasteiger partial charge in [-0.25, -0.2) is 0 Å². The van der Waals surface area contributed by atoms with Crippen molar-refractivity contribution >= 4 is 29.2 Å². The minimum Gasteiger partial charge on any atom is -0.496 e. The van der Waals surface area contributed by atoms with Crippen molar-refractivity contribution in [2.24, 2.45) is 5.92 Å². The Morgan fingerprint density at radius 1 is 1.21 bits per heavy atom. The van der Waals surface area contributed by atoms with E-state index < -0.39 is 11.9 Å². The van der Waals surface area contributed by atoms with E-state index in [2.05, 4.69) is 6.92 Å². The Morgan fingerprint density at radius 2 is 1.86 bits per heavy atom. The van der Waals surface area contributed by atoms with Crippen molar-refractivity contribution in [2.75, 3.05) is 7.11 Å². The Kier molecular flexibility index (Phi) is 10.6. The standard InChI is InChI=1S/C22H26Cl2O3.C2H6/c1-5-7-15-11-16(23)12-19(24)21(15)18(10-13(2)22(25)26)17-8-6-9-20(27-4)14(17)3;1-2/h6,8-9,11-13,18H,5,7,10H2,1-4H3,(H,25,26);1-2H3. The van der Waals surface area contributed by atoms with Crippen LogP contribution in [0.2, 0.25) is 10.0 Å². The van der Waals surface area contributed by atoms with Gasteiger partial charge in [0.2, 0.25) is 0 Å². The second kappa shape index (κ2) is 12.1. The summed E-state index contributed by atoms with van der Waals surface area (Å²) in [6.07, 6.45) is 2.22. The molecule has 2 atom stereocenters. The van der Waals surface area contributed by atoms with Gasteiger partial charge in [0.1, 0.15) is 5.75 Å². The van der Waals surface area contributed by atoms with Crippen LogP contribution in [0.25, 0.3) is 0 Å². The third-order valence-electron chi connectivity index (χ3n) is 4.98. The number of carbonyl (C=O) groups is 1. The fraction of sp³-hybridized carbons (Fsp3) is 0.458. The number of carboxylic acid groups (broad SMARTS) is 1. The van der Waals surface area contributed by atoms with Crippen LogP contribution in [0, 0.1) is 12.8 Å². The molecular formula is C24H32Cl2O3. The fourth-order valence-corrected chi connectivity index (χ4v) is 4.26. The Bertz CT molecular complexity index is 818. The number of carboxylic acids is 1. The molecule has 3 nitrogen and oxygen atoms in total. The quantitative estimate of drug-likeness (QED) is 0.462. The lowest BCUT2D eigenvalue weighted by molar-refractivity contribution is -0.141. The van der Waals surface area contributed by atoms with E-state index in [-0.39, 0.29) is 5.92 Å². The van der Waals surface area contributed by atoms with Crippen molar-refractivity contribution in [3.05, 3.63) is 62.6 Å². The maximum absolute atomic E-state index is 11.6. The molecule has 0 saturated heterocycles. The van der Waals surface area contributed by atoms with Crippen molar-refractivity contribution in [2.45, 2.75) is 59.8 Å². The average molecular weight is 439 g/mol. The zero-order valence-electron chi connectivity index (χ0n) is 18.2. The van der Waals surface area contributed by atoms with Gasteiger partial charge in [-0.05, 0) is 60.2 Å². The van der Waals surface area contributed by atoms with Crippen molar-refractivity contribution < 1.29 is 14.6 Å². The second-order valence-corrected chi connectivity index (χ2v) is 7.76. The third-order valence-corrected chi connectivity index (χ3v) is 5.51. The minimum absolute atomic E-state index is 0.155. The first-order chi connectivity index (χ1) is 13.8. The Hall–Kier alpha value is -1.71. The number of ether oxygens (including phenoxy) is 1. The van der Waals surface area contributed by atoms with Crippen LogP contribution in [0.5, 0.6) is 5.75 Å². The molecule has 160 valence electrons. The minimum atomic E-state index is -0.817. The number of aryl methyl sites for hydroxylation is 1. The van der Waals surface area contributed by atoms with Crippen molar-refractivity contribution in [1.29, 1.82) is 0 Å². The summed E-state index contributed by atoms with van der Waals surface area (Å²) in [5, 5.41) is 10.7. The average Bonchev–Trinajstić information content (AvgIpc) is 2.68. The van der Waals surface area contributed by atoms with Crippen molar-refractivity contribution in [3.8, 4) is 5.75 Å². The molecule has 2 aromatic carbocycles. The topological polar surface area (TPSA) is 46.5 Å². The molecule has 0 saturated carbocycles. The molecule has 0 aliphatic rings. The predicted octanol–water partition coefficient (Wildman–Crippen LogP) is 7.53. The maximum atomic E-state index is 11.6. The van der Waals surface area contributed by atoms with Gasteiger partial charge in [-0.15, -0.1) is 0 Å². The summed E-state index contributed by atoms with van der Waals surface area (Å²) in [5.74, 6) is -0.704. The molecule has 0 amide bonds. The molecule has 0 aliphatic heterocycles. The summed E-state index contributed by atoms with van der Waals surface area (Å²) in [5.41, 5.74) is 4.06. The van der Waals surface area contributed by atoms with E-state index in [1.54, 1.807) is 20.1 Å². The normalized spacial score (nSPS) is 12.6. The van der Waals surface area contributed by atoms with Crippen molar-refractivity contribution in [3.63, 3.8) is 0 Å². The largest absolute Gasteiger partial charge is 0.496 e. The van der Waals surface area contributed by atoms with Gasteiger partial charge >= 0.3 is 5.97 Å². The van der Waals surface area contributed by atoms with E-state index in [0.717, 1.165) is 40.8 Å². The molecule has 1 N–H and O–H groups in total. The Balaban J connectivity index is 0.00000204. The summed E-state index contributed by atoms with van der Waals surface area (Å²) in [6.45, 7) is 9.83. The van der Waals surface area contributed by atoms with Crippen LogP contribution in [0.15, 0.2) is 30.3 Å². The second-order valence-electron chi connectivity index (χ2n) is 6.91. The van der Waals surface area contributed by atoms with Crippen LogP contribution in [0.3, 0.4) is 0 Å². The molecule has 29 heavy (non-hydrogen) atoms. The van der Waals surface area contributed by atoms with Gasteiger partial charge in [0, 0.05) is 16.0 Å². The molecule has 0 aromatic heterocycles. The molecule has 0 radical (unpaired) electrons. The van der Waals surface area contributed by atoms with Crippen LogP contribution >= 0.6 is 23.2 Å². The summed E-state index contributed by atoms with van der Waals surface area (Å²) in [6, 6.07) is 9.55. The van der Waals surface area contributed by atoms with Crippen LogP contribution < -0.4 is 4.74 Å². The highest BCUT2D eigenvalue weighted by Gasteiger charge is 2.27. The summed E-state index contributed by atoms with van der Waals surface area (Å²) >= 11 is 12.9. The number of benzene rings is 2. The highest BCUT2D eigenvalue weighted by atomic mass is 35.5. The van der Waals surface area contributed by atoms with Crippen LogP contribution in [-0.4, -0.2) is 18.2 Å². The maximum Gasteiger partial charge on any atom is 0.306 e. The lowest BCUT2D eigenvalue weighted by atomic mass is 9.79. The zero-order valence-corrected chi connectivity index (χ0v) is 19.7. The van der Waals surface area contributed by atoms with Gasteiger partial charge < -0.3 is 9.84 Å². The number of aliphatic carboxylic acids is 1. The first kappa shape index (κ1) is 25.3. The van der Waals surface area contributed by atoms with Crippen LogP contribution in [0.1, 0.15) is 68.7 Å². The Labute approximate surface area is 185 Å². The number of methoxy groups -OCH3 is 1. The predicted molar refractivity (Wildman–Crippen MR) is 123 cm³/mol. The smallest absolute Gasteiger partial charge is 0.306 e. The van der Waals surface area contributed by atoms with Gasteiger partial charge in [0.05, 0.1) is 13.0 Å². The van der Waals surface area contributed by atoms with E-state index in [4.69, 9.17) is 27.9 Å². The van der Waals surface area contributed by atoms with Gasteiger partial charge in [-0.2, -0.15) is 0 Å². The molecule has 5 heteroatoms. The highest BCUT2D eigenvalue weighted by molar-refractivity contribution is 6.35. The van der Waals surface area contributed by atoms with Gasteiger partial charge in [0.25, 0.3) is 0 Å². The SMILES string of the molecule is CC.CCCc1cc(Cl)cc(Cl)c1C(CC(C)C(=O)O)c1cccc(OC)c1C. The Morgan fingerprint density at radius 3 is 2.41 bits per heavy atom. The van der Waals surface area contributed by atoms with Crippen LogP contribution in [-0.2, 0) is 11.2 Å². The number of hydrogen-bond acceptors (Lipinski definition) is 2. The molecular weight excluding hydrogens is 407 g/mol. The first-order valence-electron chi connectivity index (χ1n) is 10.1. The summed E-state index contributed by atoms with van der Waals surface area (Å²) in [4.78, 5) is 11.6. The molecule has 0 spiro atoms. The lowest BCUT2D eigenvalue weighted by Crippen LogP contribution is -2.17. The van der Waals surface area contributed by atoms with Gasteiger partial charge in [-0.1, -0.05) is 69.5 Å². The van der Waals surface area contributed by atoms with E-state index in [9.17, 15) is 9.90 Å². The molecule has 0 fully saturated rings. The number of rotatable bonds is 8. The van der Waals surface area contributed by atoms with Crippen LogP contribution in [0.4, 0.5) is 0 Å². The lowest BCUT2D eigenvalue weighted by Gasteiger charge is -2.26. The molecule has 0 aliphatic carbocycles. The van der Waals surface area contributed by atoms with Gasteiger partial charge in [-0.3, -0.25) is 4.79 Å². The fourth-order valence-electron chi connectivity index (χ4n) is 3.59. The molecule has 2 unspecified atom stereocenters. The van der Waals surface area contributed by atoms with E-state index in [1.165, 1.54) is 0 Å². The van der Waals surface area contributed by atoms with E-state index in [1.807, 2.05) is 45.0 Å². The van der Waals surface area contributed by atoms with Crippen molar-refractivity contribution in [1.82, 2.24) is 0 Å². The number of halogens is 2. The first-order valence-corrected chi connectivity index (χ1v) is 10.9. The van der Waals surface area contributed by atoms with E-state index >= 15 is 0 Å². The molecule has 2 aromatic rings. The van der Waals surface area contributed by atoms with Gasteiger partial charge in [0.15, 0.2) is 0 Å². The summed E-state index contributed by atoms with van der Waals surface area (Å²) in [7, 11) is 1.64. The molecule has 2 rings (SSSR count). The molecule has 0 heterocycles.